The molecule has 1 aromatic carbocycles. The summed E-state index contributed by atoms with van der Waals surface area (Å²) >= 11 is 5.92. The van der Waals surface area contributed by atoms with E-state index in [4.69, 9.17) is 16.3 Å². The largest absolute Gasteiger partial charge is 0.497 e. The zero-order valence-corrected chi connectivity index (χ0v) is 11.3. The molecule has 0 saturated carbocycles. The van der Waals surface area contributed by atoms with Crippen molar-refractivity contribution < 1.29 is 9.84 Å². The van der Waals surface area contributed by atoms with Crippen LogP contribution in [0.1, 0.15) is 5.56 Å². The van der Waals surface area contributed by atoms with E-state index in [1.54, 1.807) is 19.2 Å². The minimum atomic E-state index is -0.135. The monoisotopic (exact) mass is 290 g/mol. The second-order valence-corrected chi connectivity index (χ2v) is 4.46. The van der Waals surface area contributed by atoms with Crippen molar-refractivity contribution in [1.29, 1.82) is 0 Å². The van der Waals surface area contributed by atoms with Gasteiger partial charge in [0.1, 0.15) is 17.0 Å². The van der Waals surface area contributed by atoms with E-state index in [9.17, 15) is 5.11 Å². The van der Waals surface area contributed by atoms with Gasteiger partial charge >= 0.3 is 0 Å². The van der Waals surface area contributed by atoms with Gasteiger partial charge in [-0.15, -0.1) is 0 Å². The Morgan fingerprint density at radius 1 is 1.35 bits per heavy atom. The normalized spacial score (nSPS) is 10.9. The standard InChI is InChI=1S/C13H11ClN4O2/c1-20-8-2-3-9(7(4-8)5-19)10-11-12(16-6-15-11)18-13(14)17-10/h2-4,6,19H,5H2,1H3,(H,15,16,17,18). The van der Waals surface area contributed by atoms with Crippen LogP contribution in [0.25, 0.3) is 22.4 Å². The minimum absolute atomic E-state index is 0.110. The number of nitrogens with zero attached hydrogens (tertiary/aromatic N) is 3. The molecule has 2 heterocycles. The van der Waals surface area contributed by atoms with Crippen LogP contribution in [0.5, 0.6) is 5.75 Å². The molecule has 0 spiro atoms. The second-order valence-electron chi connectivity index (χ2n) is 4.12. The van der Waals surface area contributed by atoms with Crippen LogP contribution in [0, 0.1) is 0 Å². The smallest absolute Gasteiger partial charge is 0.225 e. The molecule has 7 heteroatoms. The van der Waals surface area contributed by atoms with Crippen LogP contribution in [0.4, 0.5) is 0 Å². The maximum absolute atomic E-state index is 9.53. The Labute approximate surface area is 119 Å². The van der Waals surface area contributed by atoms with Crippen molar-refractivity contribution in [2.75, 3.05) is 7.11 Å². The summed E-state index contributed by atoms with van der Waals surface area (Å²) in [5, 5.41) is 9.64. The first-order chi connectivity index (χ1) is 9.72. The number of ether oxygens (including phenoxy) is 1. The van der Waals surface area contributed by atoms with E-state index in [0.29, 0.717) is 28.2 Å². The van der Waals surface area contributed by atoms with Crippen molar-refractivity contribution in [3.63, 3.8) is 0 Å². The van der Waals surface area contributed by atoms with Crippen molar-refractivity contribution >= 4 is 22.8 Å². The Morgan fingerprint density at radius 3 is 2.95 bits per heavy atom. The van der Waals surface area contributed by atoms with Gasteiger partial charge in [0.25, 0.3) is 0 Å². The number of fused-ring (bicyclic) bond motifs is 1. The molecule has 20 heavy (non-hydrogen) atoms. The van der Waals surface area contributed by atoms with Gasteiger partial charge in [0.15, 0.2) is 5.65 Å². The third-order valence-electron chi connectivity index (χ3n) is 3.00. The molecule has 0 aliphatic heterocycles. The van der Waals surface area contributed by atoms with E-state index < -0.39 is 0 Å². The summed E-state index contributed by atoms with van der Waals surface area (Å²) in [6.07, 6.45) is 1.53. The predicted molar refractivity (Wildman–Crippen MR) is 74.6 cm³/mol. The Balaban J connectivity index is 2.27. The quantitative estimate of drug-likeness (QED) is 0.722. The summed E-state index contributed by atoms with van der Waals surface area (Å²) in [4.78, 5) is 15.3. The molecule has 2 N–H and O–H groups in total. The molecule has 0 unspecified atom stereocenters. The molecule has 0 atom stereocenters. The van der Waals surface area contributed by atoms with Gasteiger partial charge in [0, 0.05) is 5.56 Å². The number of imidazole rings is 1. The van der Waals surface area contributed by atoms with Crippen molar-refractivity contribution in [2.24, 2.45) is 0 Å². The third-order valence-corrected chi connectivity index (χ3v) is 3.17. The van der Waals surface area contributed by atoms with Crippen molar-refractivity contribution in [2.45, 2.75) is 6.61 Å². The fourth-order valence-electron chi connectivity index (χ4n) is 2.06. The SMILES string of the molecule is COc1ccc(-c2nc(Cl)nc3nc[nH]c23)c(CO)c1. The lowest BCUT2D eigenvalue weighted by Crippen LogP contribution is -1.96. The van der Waals surface area contributed by atoms with Gasteiger partial charge in [-0.05, 0) is 35.4 Å². The molecule has 0 aliphatic carbocycles. The zero-order valence-electron chi connectivity index (χ0n) is 10.6. The Bertz CT molecular complexity index is 772. The maximum Gasteiger partial charge on any atom is 0.225 e. The van der Waals surface area contributed by atoms with E-state index in [0.717, 1.165) is 5.56 Å². The fraction of sp³-hybridized carbons (Fsp3) is 0.154. The molecule has 2 aromatic heterocycles. The second kappa shape index (κ2) is 5.07. The number of aromatic nitrogens is 4. The zero-order chi connectivity index (χ0) is 14.1. The molecule has 3 rings (SSSR count). The van der Waals surface area contributed by atoms with Crippen LogP contribution in [0.15, 0.2) is 24.5 Å². The number of hydrogen-bond acceptors (Lipinski definition) is 5. The van der Waals surface area contributed by atoms with Crippen LogP contribution >= 0.6 is 11.6 Å². The highest BCUT2D eigenvalue weighted by Gasteiger charge is 2.14. The highest BCUT2D eigenvalue weighted by atomic mass is 35.5. The van der Waals surface area contributed by atoms with Crippen LogP contribution < -0.4 is 4.74 Å². The molecular weight excluding hydrogens is 280 g/mol. The molecule has 102 valence electrons. The van der Waals surface area contributed by atoms with E-state index >= 15 is 0 Å². The Morgan fingerprint density at radius 2 is 2.20 bits per heavy atom. The molecule has 0 bridgehead atoms. The molecule has 0 radical (unpaired) electrons. The summed E-state index contributed by atoms with van der Waals surface area (Å²) in [6.45, 7) is -0.135. The van der Waals surface area contributed by atoms with E-state index in [2.05, 4.69) is 19.9 Å². The van der Waals surface area contributed by atoms with Gasteiger partial charge in [-0.2, -0.15) is 4.98 Å². The average Bonchev–Trinajstić information content (AvgIpc) is 2.93. The topological polar surface area (TPSA) is 83.9 Å². The first kappa shape index (κ1) is 12.8. The van der Waals surface area contributed by atoms with Crippen LogP contribution in [0.3, 0.4) is 0 Å². The van der Waals surface area contributed by atoms with E-state index in [-0.39, 0.29) is 11.9 Å². The Hall–Kier alpha value is -2.18. The van der Waals surface area contributed by atoms with Gasteiger partial charge in [0.05, 0.1) is 20.0 Å². The van der Waals surface area contributed by atoms with Crippen molar-refractivity contribution in [3.05, 3.63) is 35.4 Å². The van der Waals surface area contributed by atoms with E-state index in [1.165, 1.54) is 6.33 Å². The van der Waals surface area contributed by atoms with Crippen LogP contribution in [0.2, 0.25) is 5.28 Å². The minimum Gasteiger partial charge on any atom is -0.497 e. The third kappa shape index (κ3) is 2.09. The summed E-state index contributed by atoms with van der Waals surface area (Å²) in [7, 11) is 1.57. The van der Waals surface area contributed by atoms with Crippen LogP contribution in [-0.4, -0.2) is 32.2 Å². The number of H-pyrrole nitrogens is 1. The van der Waals surface area contributed by atoms with Gasteiger partial charge < -0.3 is 14.8 Å². The van der Waals surface area contributed by atoms with E-state index in [1.807, 2.05) is 6.07 Å². The maximum atomic E-state index is 9.53. The highest BCUT2D eigenvalue weighted by molar-refractivity contribution is 6.28. The summed E-state index contributed by atoms with van der Waals surface area (Å²) in [6, 6.07) is 5.38. The highest BCUT2D eigenvalue weighted by Crippen LogP contribution is 2.30. The number of hydrogen-bond donors (Lipinski definition) is 2. The summed E-state index contributed by atoms with van der Waals surface area (Å²) < 4.78 is 5.15. The molecule has 3 aromatic rings. The predicted octanol–water partition coefficient (Wildman–Crippen LogP) is 2.17. The number of halogens is 1. The number of aliphatic hydroxyl groups excluding tert-OH is 1. The average molecular weight is 291 g/mol. The molecule has 0 saturated heterocycles. The molecule has 6 nitrogen and oxygen atoms in total. The first-order valence-electron chi connectivity index (χ1n) is 5.87. The molecule has 0 amide bonds. The van der Waals surface area contributed by atoms with Crippen LogP contribution in [-0.2, 0) is 6.61 Å². The van der Waals surface area contributed by atoms with Gasteiger partial charge in [-0.3, -0.25) is 0 Å². The van der Waals surface area contributed by atoms with Gasteiger partial charge in [-0.1, -0.05) is 0 Å². The number of aromatic amines is 1. The number of benzene rings is 1. The molecule has 0 fully saturated rings. The number of methoxy groups -OCH3 is 1. The summed E-state index contributed by atoms with van der Waals surface area (Å²) in [5.74, 6) is 0.666. The van der Waals surface area contributed by atoms with Gasteiger partial charge in [0.2, 0.25) is 5.28 Å². The molecular formula is C13H11ClN4O2. The first-order valence-corrected chi connectivity index (χ1v) is 6.25. The Kier molecular flexibility index (Phi) is 3.25. The van der Waals surface area contributed by atoms with Crippen molar-refractivity contribution in [3.8, 4) is 17.0 Å². The lowest BCUT2D eigenvalue weighted by Gasteiger charge is -2.10. The number of rotatable bonds is 3. The van der Waals surface area contributed by atoms with Gasteiger partial charge in [-0.25, -0.2) is 9.97 Å². The summed E-state index contributed by atoms with van der Waals surface area (Å²) in [5.41, 5.74) is 3.21. The molecule has 0 aliphatic rings. The van der Waals surface area contributed by atoms with Crippen molar-refractivity contribution in [1.82, 2.24) is 19.9 Å². The lowest BCUT2D eigenvalue weighted by molar-refractivity contribution is 0.281. The fourth-order valence-corrected chi connectivity index (χ4v) is 2.22. The lowest BCUT2D eigenvalue weighted by atomic mass is 10.0. The number of nitrogens with one attached hydrogen (secondary N) is 1. The number of aliphatic hydroxyl groups is 1.